The molecule has 1 aromatic carbocycles. The van der Waals surface area contributed by atoms with E-state index in [2.05, 4.69) is 40.2 Å². The fourth-order valence-electron chi connectivity index (χ4n) is 3.28. The summed E-state index contributed by atoms with van der Waals surface area (Å²) in [7, 11) is 0. The van der Waals surface area contributed by atoms with Crippen LogP contribution < -0.4 is 0 Å². The number of hydrogen-bond acceptors (Lipinski definition) is 1. The van der Waals surface area contributed by atoms with E-state index in [1.54, 1.807) is 0 Å². The van der Waals surface area contributed by atoms with Crippen LogP contribution in [0.4, 0.5) is 0 Å². The van der Waals surface area contributed by atoms with Crippen molar-refractivity contribution in [1.82, 2.24) is 9.88 Å². The molecule has 0 atom stereocenters. The Hall–Kier alpha value is -1.28. The van der Waals surface area contributed by atoms with E-state index in [0.29, 0.717) is 0 Å². The summed E-state index contributed by atoms with van der Waals surface area (Å²) >= 11 is 0. The number of benzene rings is 1. The van der Waals surface area contributed by atoms with Gasteiger partial charge in [-0.1, -0.05) is 31.0 Å². The average Bonchev–Trinajstić information content (AvgIpc) is 3.11. The molecule has 1 fully saturated rings. The van der Waals surface area contributed by atoms with Crippen LogP contribution in [0.25, 0.3) is 10.9 Å². The van der Waals surface area contributed by atoms with E-state index in [-0.39, 0.29) is 0 Å². The molecule has 0 saturated carbocycles. The molecule has 2 heterocycles. The molecular formula is C18H26N2. The maximum absolute atomic E-state index is 3.52. The molecule has 2 aromatic rings. The van der Waals surface area contributed by atoms with E-state index in [0.717, 1.165) is 0 Å². The van der Waals surface area contributed by atoms with Crippen molar-refractivity contribution in [3.8, 4) is 0 Å². The zero-order valence-electron chi connectivity index (χ0n) is 12.4. The van der Waals surface area contributed by atoms with Crippen molar-refractivity contribution in [2.45, 2.75) is 44.9 Å². The van der Waals surface area contributed by atoms with Crippen molar-refractivity contribution in [2.24, 2.45) is 0 Å². The SMILES string of the molecule is c1ccc2[nH]c(CCCCCCN3CCCC3)cc2c1. The van der Waals surface area contributed by atoms with E-state index in [4.69, 9.17) is 0 Å². The van der Waals surface area contributed by atoms with Gasteiger partial charge in [0.15, 0.2) is 0 Å². The van der Waals surface area contributed by atoms with Gasteiger partial charge >= 0.3 is 0 Å². The lowest BCUT2D eigenvalue weighted by Gasteiger charge is -2.13. The molecule has 2 heteroatoms. The van der Waals surface area contributed by atoms with E-state index in [9.17, 15) is 0 Å². The third-order valence-corrected chi connectivity index (χ3v) is 4.45. The van der Waals surface area contributed by atoms with Crippen molar-refractivity contribution < 1.29 is 0 Å². The highest BCUT2D eigenvalue weighted by Crippen LogP contribution is 2.17. The second-order valence-electron chi connectivity index (χ2n) is 6.09. The predicted molar refractivity (Wildman–Crippen MR) is 86.1 cm³/mol. The summed E-state index contributed by atoms with van der Waals surface area (Å²) in [4.78, 5) is 6.15. The van der Waals surface area contributed by atoms with Crippen LogP contribution in [-0.2, 0) is 6.42 Å². The third-order valence-electron chi connectivity index (χ3n) is 4.45. The summed E-state index contributed by atoms with van der Waals surface area (Å²) in [6, 6.07) is 10.9. The lowest BCUT2D eigenvalue weighted by molar-refractivity contribution is 0.328. The molecule has 0 unspecified atom stereocenters. The first-order chi connectivity index (χ1) is 9.92. The highest BCUT2D eigenvalue weighted by molar-refractivity contribution is 5.80. The second-order valence-corrected chi connectivity index (χ2v) is 6.09. The van der Waals surface area contributed by atoms with Gasteiger partial charge in [-0.25, -0.2) is 0 Å². The van der Waals surface area contributed by atoms with Gasteiger partial charge in [0.05, 0.1) is 0 Å². The number of aromatic nitrogens is 1. The molecule has 1 aliphatic heterocycles. The number of H-pyrrole nitrogens is 1. The molecule has 0 spiro atoms. The zero-order chi connectivity index (χ0) is 13.6. The number of aromatic amines is 1. The molecule has 3 rings (SSSR count). The fourth-order valence-corrected chi connectivity index (χ4v) is 3.28. The standard InChI is InChI=1S/C18H26N2/c1(2-6-12-20-13-7-8-14-20)3-10-17-15-16-9-4-5-11-18(16)19-17/h4-5,9,11,15,19H,1-3,6-8,10,12-14H2. The van der Waals surface area contributed by atoms with Gasteiger partial charge in [0, 0.05) is 11.2 Å². The summed E-state index contributed by atoms with van der Waals surface area (Å²) in [5.41, 5.74) is 2.67. The molecule has 0 radical (unpaired) electrons. The highest BCUT2D eigenvalue weighted by atomic mass is 15.1. The maximum atomic E-state index is 3.52. The van der Waals surface area contributed by atoms with Gasteiger partial charge in [-0.2, -0.15) is 0 Å². The zero-order valence-corrected chi connectivity index (χ0v) is 12.4. The fraction of sp³-hybridized carbons (Fsp3) is 0.556. The third kappa shape index (κ3) is 3.63. The number of nitrogens with one attached hydrogen (secondary N) is 1. The highest BCUT2D eigenvalue weighted by Gasteiger charge is 2.09. The van der Waals surface area contributed by atoms with Crippen LogP contribution in [0.2, 0.25) is 0 Å². The molecule has 20 heavy (non-hydrogen) atoms. The number of fused-ring (bicyclic) bond motifs is 1. The molecule has 1 N–H and O–H groups in total. The van der Waals surface area contributed by atoms with Gasteiger partial charge in [-0.05, 0) is 69.3 Å². The van der Waals surface area contributed by atoms with Crippen LogP contribution in [0.1, 0.15) is 44.2 Å². The van der Waals surface area contributed by atoms with Gasteiger partial charge < -0.3 is 9.88 Å². The van der Waals surface area contributed by atoms with Crippen LogP contribution >= 0.6 is 0 Å². The summed E-state index contributed by atoms with van der Waals surface area (Å²) in [6.07, 6.45) is 9.47. The van der Waals surface area contributed by atoms with Crippen molar-refractivity contribution in [3.05, 3.63) is 36.0 Å². The number of hydrogen-bond donors (Lipinski definition) is 1. The van der Waals surface area contributed by atoms with Crippen LogP contribution in [-0.4, -0.2) is 29.5 Å². The van der Waals surface area contributed by atoms with E-state index in [1.165, 1.54) is 81.2 Å². The monoisotopic (exact) mass is 270 g/mol. The Bertz CT molecular complexity index is 490. The Balaban J connectivity index is 1.33. The lowest BCUT2D eigenvalue weighted by Crippen LogP contribution is -2.20. The Morgan fingerprint density at radius 1 is 0.950 bits per heavy atom. The Morgan fingerprint density at radius 2 is 1.75 bits per heavy atom. The minimum atomic E-state index is 1.19. The largest absolute Gasteiger partial charge is 0.358 e. The normalized spacial score (nSPS) is 16.2. The number of unbranched alkanes of at least 4 members (excludes halogenated alkanes) is 3. The van der Waals surface area contributed by atoms with E-state index < -0.39 is 0 Å². The molecule has 0 amide bonds. The smallest absolute Gasteiger partial charge is 0.0456 e. The average molecular weight is 270 g/mol. The molecule has 1 aromatic heterocycles. The van der Waals surface area contributed by atoms with Crippen LogP contribution in [0, 0.1) is 0 Å². The molecule has 2 nitrogen and oxygen atoms in total. The first-order valence-electron chi connectivity index (χ1n) is 8.21. The molecule has 1 aliphatic rings. The maximum Gasteiger partial charge on any atom is 0.0456 e. The van der Waals surface area contributed by atoms with E-state index in [1.807, 2.05) is 0 Å². The second kappa shape index (κ2) is 6.94. The first-order valence-corrected chi connectivity index (χ1v) is 8.21. The summed E-state index contributed by atoms with van der Waals surface area (Å²) in [5.74, 6) is 0. The van der Waals surface area contributed by atoms with Crippen LogP contribution in [0.3, 0.4) is 0 Å². The van der Waals surface area contributed by atoms with Crippen molar-refractivity contribution in [1.29, 1.82) is 0 Å². The van der Waals surface area contributed by atoms with Crippen LogP contribution in [0.5, 0.6) is 0 Å². The molecular weight excluding hydrogens is 244 g/mol. The number of nitrogens with zero attached hydrogens (tertiary/aromatic N) is 1. The van der Waals surface area contributed by atoms with Gasteiger partial charge in [0.25, 0.3) is 0 Å². The predicted octanol–water partition coefficient (Wildman–Crippen LogP) is 4.37. The van der Waals surface area contributed by atoms with Crippen molar-refractivity contribution in [3.63, 3.8) is 0 Å². The lowest BCUT2D eigenvalue weighted by atomic mass is 10.1. The van der Waals surface area contributed by atoms with E-state index >= 15 is 0 Å². The minimum Gasteiger partial charge on any atom is -0.358 e. The van der Waals surface area contributed by atoms with Crippen LogP contribution in [0.15, 0.2) is 30.3 Å². The quantitative estimate of drug-likeness (QED) is 0.740. The molecule has 108 valence electrons. The summed E-state index contributed by atoms with van der Waals surface area (Å²) < 4.78 is 0. The molecule has 0 aliphatic carbocycles. The van der Waals surface area contributed by atoms with Gasteiger partial charge in [-0.3, -0.25) is 0 Å². The van der Waals surface area contributed by atoms with Gasteiger partial charge in [-0.15, -0.1) is 0 Å². The van der Waals surface area contributed by atoms with Gasteiger partial charge in [0.1, 0.15) is 0 Å². The Kier molecular flexibility index (Phi) is 4.75. The first kappa shape index (κ1) is 13.7. The number of likely N-dealkylation sites (tertiary alicyclic amines) is 1. The summed E-state index contributed by atoms with van der Waals surface area (Å²) in [5, 5.41) is 1.34. The Labute approximate surface area is 122 Å². The molecule has 0 bridgehead atoms. The number of aryl methyl sites for hydroxylation is 1. The summed E-state index contributed by atoms with van der Waals surface area (Å²) in [6.45, 7) is 4.01. The Morgan fingerprint density at radius 3 is 2.60 bits per heavy atom. The minimum absolute atomic E-state index is 1.19. The number of rotatable bonds is 7. The van der Waals surface area contributed by atoms with Crippen molar-refractivity contribution in [2.75, 3.05) is 19.6 Å². The van der Waals surface area contributed by atoms with Crippen molar-refractivity contribution >= 4 is 10.9 Å². The molecule has 1 saturated heterocycles. The van der Waals surface area contributed by atoms with Gasteiger partial charge in [0.2, 0.25) is 0 Å². The topological polar surface area (TPSA) is 19.0 Å². The number of para-hydroxylation sites is 1.